The topological polar surface area (TPSA) is 90.3 Å². The van der Waals surface area contributed by atoms with E-state index in [1.54, 1.807) is 0 Å². The standard InChI is InChI=1S/C23H25N3O3S/c24-16-17-6-10-21(11-7-17)30(28,29)26-14-12-20(13-15-26)23(27)25-22(19-8-9-19)18-4-2-1-3-5-18/h1-7,10-11,19-20,22H,8-9,12-15H2,(H,25,27). The van der Waals surface area contributed by atoms with Gasteiger partial charge in [0.05, 0.1) is 22.6 Å². The molecule has 6 nitrogen and oxygen atoms in total. The predicted octanol–water partition coefficient (Wildman–Crippen LogP) is 3.23. The zero-order valence-corrected chi connectivity index (χ0v) is 17.5. The lowest BCUT2D eigenvalue weighted by Crippen LogP contribution is -2.43. The molecule has 0 aromatic heterocycles. The van der Waals surface area contributed by atoms with Gasteiger partial charge in [-0.2, -0.15) is 9.57 Å². The van der Waals surface area contributed by atoms with E-state index in [2.05, 4.69) is 17.4 Å². The highest BCUT2D eigenvalue weighted by Gasteiger charge is 2.36. The summed E-state index contributed by atoms with van der Waals surface area (Å²) in [6, 6.07) is 18.0. The van der Waals surface area contributed by atoms with Crippen LogP contribution in [-0.2, 0) is 14.8 Å². The van der Waals surface area contributed by atoms with Crippen molar-refractivity contribution >= 4 is 15.9 Å². The van der Waals surface area contributed by atoms with Crippen molar-refractivity contribution in [1.29, 1.82) is 5.26 Å². The first-order valence-corrected chi connectivity index (χ1v) is 11.8. The third-order valence-corrected chi connectivity index (χ3v) is 7.91. The van der Waals surface area contributed by atoms with Crippen molar-refractivity contribution in [3.05, 3.63) is 65.7 Å². The summed E-state index contributed by atoms with van der Waals surface area (Å²) in [6.45, 7) is 0.639. The molecule has 1 saturated carbocycles. The second-order valence-corrected chi connectivity index (χ2v) is 9.99. The van der Waals surface area contributed by atoms with Crippen molar-refractivity contribution in [3.8, 4) is 6.07 Å². The zero-order valence-electron chi connectivity index (χ0n) is 16.7. The Bertz CT molecular complexity index is 1030. The Hall–Kier alpha value is -2.69. The van der Waals surface area contributed by atoms with Crippen molar-refractivity contribution < 1.29 is 13.2 Å². The molecule has 1 saturated heterocycles. The Morgan fingerprint density at radius 2 is 1.63 bits per heavy atom. The molecule has 30 heavy (non-hydrogen) atoms. The Labute approximate surface area is 177 Å². The van der Waals surface area contributed by atoms with Crippen molar-refractivity contribution in [2.75, 3.05) is 13.1 Å². The van der Waals surface area contributed by atoms with Gasteiger partial charge in [0.15, 0.2) is 0 Å². The molecule has 2 aromatic rings. The first-order valence-electron chi connectivity index (χ1n) is 10.3. The lowest BCUT2D eigenvalue weighted by atomic mass is 9.95. The van der Waals surface area contributed by atoms with E-state index in [1.165, 1.54) is 28.6 Å². The number of nitriles is 1. The number of carbonyl (C=O) groups excluding carboxylic acids is 1. The number of rotatable bonds is 6. The summed E-state index contributed by atoms with van der Waals surface area (Å²) in [5.41, 5.74) is 1.56. The van der Waals surface area contributed by atoms with E-state index in [9.17, 15) is 13.2 Å². The van der Waals surface area contributed by atoms with Gasteiger partial charge in [-0.05, 0) is 61.4 Å². The average Bonchev–Trinajstić information content (AvgIpc) is 3.63. The molecule has 0 radical (unpaired) electrons. The fraction of sp³-hybridized carbons (Fsp3) is 0.391. The molecule has 2 aromatic carbocycles. The fourth-order valence-corrected chi connectivity index (χ4v) is 5.51. The van der Waals surface area contributed by atoms with Gasteiger partial charge in [0, 0.05) is 19.0 Å². The molecule has 2 fully saturated rings. The number of benzene rings is 2. The third-order valence-electron chi connectivity index (χ3n) is 6.00. The Morgan fingerprint density at radius 3 is 2.20 bits per heavy atom. The highest BCUT2D eigenvalue weighted by molar-refractivity contribution is 7.89. The number of sulfonamides is 1. The monoisotopic (exact) mass is 423 g/mol. The van der Waals surface area contributed by atoms with Crippen LogP contribution in [0.4, 0.5) is 0 Å². The number of piperidine rings is 1. The van der Waals surface area contributed by atoms with E-state index in [-0.39, 0.29) is 22.8 Å². The van der Waals surface area contributed by atoms with Crippen molar-refractivity contribution in [3.63, 3.8) is 0 Å². The van der Waals surface area contributed by atoms with Gasteiger partial charge < -0.3 is 5.32 Å². The van der Waals surface area contributed by atoms with E-state index in [4.69, 9.17) is 5.26 Å². The number of carbonyl (C=O) groups is 1. The molecule has 1 aliphatic heterocycles. The molecule has 1 N–H and O–H groups in total. The first kappa shape index (κ1) is 20.6. The van der Waals surface area contributed by atoms with Gasteiger partial charge in [0.25, 0.3) is 0 Å². The quantitative estimate of drug-likeness (QED) is 0.772. The van der Waals surface area contributed by atoms with Crippen molar-refractivity contribution in [1.82, 2.24) is 9.62 Å². The van der Waals surface area contributed by atoms with Gasteiger partial charge in [-0.1, -0.05) is 30.3 Å². The number of nitrogens with one attached hydrogen (secondary N) is 1. The van der Waals surface area contributed by atoms with E-state index >= 15 is 0 Å². The molecule has 7 heteroatoms. The van der Waals surface area contributed by atoms with Crippen LogP contribution in [0.3, 0.4) is 0 Å². The molecular weight excluding hydrogens is 398 g/mol. The molecule has 1 atom stereocenters. The minimum absolute atomic E-state index is 0.0196. The summed E-state index contributed by atoms with van der Waals surface area (Å²) < 4.78 is 27.2. The second-order valence-electron chi connectivity index (χ2n) is 8.05. The SMILES string of the molecule is N#Cc1ccc(S(=O)(=O)N2CCC(C(=O)NC(c3ccccc3)C3CC3)CC2)cc1. The van der Waals surface area contributed by atoms with Crippen LogP contribution in [0.2, 0.25) is 0 Å². The van der Waals surface area contributed by atoms with E-state index in [0.29, 0.717) is 37.4 Å². The van der Waals surface area contributed by atoms with Crippen LogP contribution >= 0.6 is 0 Å². The number of hydrogen-bond acceptors (Lipinski definition) is 4. The third kappa shape index (κ3) is 4.40. The van der Waals surface area contributed by atoms with E-state index in [1.807, 2.05) is 24.3 Å². The van der Waals surface area contributed by atoms with Crippen molar-refractivity contribution in [2.45, 2.75) is 36.6 Å². The molecule has 0 bridgehead atoms. The van der Waals surface area contributed by atoms with Gasteiger partial charge in [0.1, 0.15) is 0 Å². The number of hydrogen-bond donors (Lipinski definition) is 1. The minimum Gasteiger partial charge on any atom is -0.349 e. The fourth-order valence-electron chi connectivity index (χ4n) is 4.04. The summed E-state index contributed by atoms with van der Waals surface area (Å²) in [6.07, 6.45) is 3.27. The van der Waals surface area contributed by atoms with Crippen molar-refractivity contribution in [2.24, 2.45) is 11.8 Å². The highest BCUT2D eigenvalue weighted by Crippen LogP contribution is 2.41. The van der Waals surface area contributed by atoms with E-state index < -0.39 is 10.0 Å². The van der Waals surface area contributed by atoms with Gasteiger partial charge >= 0.3 is 0 Å². The van der Waals surface area contributed by atoms with Crippen LogP contribution in [-0.4, -0.2) is 31.7 Å². The first-order chi connectivity index (χ1) is 14.5. The number of amides is 1. The van der Waals surface area contributed by atoms with Gasteiger partial charge in [-0.25, -0.2) is 8.42 Å². The maximum absolute atomic E-state index is 12.9. The summed E-state index contributed by atoms with van der Waals surface area (Å²) in [5.74, 6) is 0.335. The summed E-state index contributed by atoms with van der Waals surface area (Å²) >= 11 is 0. The van der Waals surface area contributed by atoms with E-state index in [0.717, 1.165) is 18.4 Å². The molecule has 4 rings (SSSR count). The van der Waals surface area contributed by atoms with Gasteiger partial charge in [-0.15, -0.1) is 0 Å². The maximum atomic E-state index is 12.9. The number of nitrogens with zero attached hydrogens (tertiary/aromatic N) is 2. The summed E-state index contributed by atoms with van der Waals surface area (Å²) in [4.78, 5) is 13.1. The predicted molar refractivity (Wildman–Crippen MR) is 113 cm³/mol. The Morgan fingerprint density at radius 1 is 1.00 bits per heavy atom. The second kappa shape index (κ2) is 8.58. The van der Waals surface area contributed by atoms with Crippen LogP contribution in [0.25, 0.3) is 0 Å². The molecule has 0 spiro atoms. The Balaban J connectivity index is 1.37. The smallest absolute Gasteiger partial charge is 0.243 e. The molecule has 1 heterocycles. The van der Waals surface area contributed by atoms with Gasteiger partial charge in [0.2, 0.25) is 15.9 Å². The average molecular weight is 424 g/mol. The molecule has 1 aliphatic carbocycles. The highest BCUT2D eigenvalue weighted by atomic mass is 32.2. The summed E-state index contributed by atoms with van der Waals surface area (Å²) in [5, 5.41) is 12.1. The van der Waals surface area contributed by atoms with Crippen LogP contribution < -0.4 is 5.32 Å². The zero-order chi connectivity index (χ0) is 21.1. The Kier molecular flexibility index (Phi) is 5.89. The molecular formula is C23H25N3O3S. The normalized spacial score (nSPS) is 19.0. The lowest BCUT2D eigenvalue weighted by Gasteiger charge is -2.31. The van der Waals surface area contributed by atoms with Crippen LogP contribution in [0, 0.1) is 23.2 Å². The molecule has 1 amide bonds. The minimum atomic E-state index is -3.61. The lowest BCUT2D eigenvalue weighted by molar-refractivity contribution is -0.127. The van der Waals surface area contributed by atoms with Crippen LogP contribution in [0.15, 0.2) is 59.5 Å². The molecule has 2 aliphatic rings. The molecule has 156 valence electrons. The van der Waals surface area contributed by atoms with Crippen LogP contribution in [0.1, 0.15) is 42.9 Å². The maximum Gasteiger partial charge on any atom is 0.243 e. The summed E-state index contributed by atoms with van der Waals surface area (Å²) in [7, 11) is -3.61. The van der Waals surface area contributed by atoms with Crippen LogP contribution in [0.5, 0.6) is 0 Å². The molecule has 1 unspecified atom stereocenters. The van der Waals surface area contributed by atoms with Gasteiger partial charge in [-0.3, -0.25) is 4.79 Å². The largest absolute Gasteiger partial charge is 0.349 e.